The highest BCUT2D eigenvalue weighted by Crippen LogP contribution is 2.65. The molecule has 0 aromatic rings. The Hall–Kier alpha value is -1.80. The summed E-state index contributed by atoms with van der Waals surface area (Å²) in [5, 5.41) is 45.3. The van der Waals surface area contributed by atoms with E-state index >= 15 is 0 Å². The van der Waals surface area contributed by atoms with Crippen LogP contribution < -0.4 is 20.4 Å². The average Bonchev–Trinajstić information content (AvgIpc) is 2.36. The molecule has 10 heteroatoms. The standard InChI is InChI=1S/C13H12Cl2O8/c1-12-2-3(14)13(15,6(10(20)21)4(12)8(16)17)7(11(22)23)5(12)9(18)19/h2,4-7H,1H3,(H,16,17)(H,18,19)(H,20,21)(H,22,23)/p-4/t4-,5+,6+,7-,12?,13?. The van der Waals surface area contributed by atoms with E-state index in [9.17, 15) is 39.6 Å². The molecule has 0 N–H and O–H groups in total. The number of carboxylic acids is 4. The number of allylic oxidation sites excluding steroid dienone is 2. The molecule has 0 aromatic carbocycles. The van der Waals surface area contributed by atoms with Crippen molar-refractivity contribution in [2.24, 2.45) is 29.1 Å². The van der Waals surface area contributed by atoms with E-state index in [-0.39, 0.29) is 0 Å². The van der Waals surface area contributed by atoms with Crippen molar-refractivity contribution in [2.75, 3.05) is 0 Å². The molecule has 3 aliphatic rings. The van der Waals surface area contributed by atoms with Crippen LogP contribution in [0.1, 0.15) is 6.92 Å². The molecular weight excluding hydrogens is 355 g/mol. The highest BCUT2D eigenvalue weighted by Gasteiger charge is 2.68. The van der Waals surface area contributed by atoms with E-state index in [1.165, 1.54) is 0 Å². The van der Waals surface area contributed by atoms with Gasteiger partial charge in [-0.3, -0.25) is 0 Å². The number of hydrogen-bond acceptors (Lipinski definition) is 8. The van der Waals surface area contributed by atoms with Crippen LogP contribution in [0.4, 0.5) is 0 Å². The zero-order valence-corrected chi connectivity index (χ0v) is 12.9. The highest BCUT2D eigenvalue weighted by molar-refractivity contribution is 6.42. The quantitative estimate of drug-likeness (QED) is 0.452. The zero-order chi connectivity index (χ0) is 17.9. The Bertz CT molecular complexity index is 614. The first-order valence-electron chi connectivity index (χ1n) is 6.31. The summed E-state index contributed by atoms with van der Waals surface area (Å²) in [6, 6.07) is 0. The molecule has 6 atom stereocenters. The van der Waals surface area contributed by atoms with Gasteiger partial charge in [-0.2, -0.15) is 0 Å². The van der Waals surface area contributed by atoms with Crippen molar-refractivity contribution >= 4 is 47.1 Å². The van der Waals surface area contributed by atoms with Crippen LogP contribution in [0.3, 0.4) is 0 Å². The first-order chi connectivity index (χ1) is 10.4. The molecule has 1 saturated carbocycles. The van der Waals surface area contributed by atoms with Crippen LogP contribution in [0.25, 0.3) is 0 Å². The predicted molar refractivity (Wildman–Crippen MR) is 64.6 cm³/mol. The number of alkyl halides is 1. The molecule has 0 aliphatic heterocycles. The molecule has 0 aromatic heterocycles. The molecule has 23 heavy (non-hydrogen) atoms. The smallest absolute Gasteiger partial charge is 0.0970 e. The van der Waals surface area contributed by atoms with E-state index in [4.69, 9.17) is 23.2 Å². The van der Waals surface area contributed by atoms with Gasteiger partial charge in [0.2, 0.25) is 0 Å². The largest absolute Gasteiger partial charge is 0.550 e. The van der Waals surface area contributed by atoms with Gasteiger partial charge < -0.3 is 39.6 Å². The normalized spacial score (nSPS) is 42.0. The molecule has 126 valence electrons. The zero-order valence-electron chi connectivity index (χ0n) is 11.4. The Kier molecular flexibility index (Phi) is 3.89. The third-order valence-corrected chi connectivity index (χ3v) is 5.92. The molecule has 2 bridgehead atoms. The van der Waals surface area contributed by atoms with Crippen molar-refractivity contribution in [3.63, 3.8) is 0 Å². The van der Waals surface area contributed by atoms with Gasteiger partial charge in [-0.05, 0) is 0 Å². The van der Waals surface area contributed by atoms with Gasteiger partial charge in [-0.25, -0.2) is 0 Å². The molecule has 0 saturated heterocycles. The molecule has 3 aliphatic carbocycles. The van der Waals surface area contributed by atoms with Gasteiger partial charge in [0.15, 0.2) is 0 Å². The number of carbonyl (C=O) groups is 4. The lowest BCUT2D eigenvalue weighted by Crippen LogP contribution is -2.74. The fraction of sp³-hybridized carbons (Fsp3) is 0.538. The summed E-state index contributed by atoms with van der Waals surface area (Å²) in [5.74, 6) is -16.0. The number of halogens is 2. The van der Waals surface area contributed by atoms with E-state index in [1.54, 1.807) is 0 Å². The van der Waals surface area contributed by atoms with E-state index in [0.717, 1.165) is 13.0 Å². The molecule has 1 fully saturated rings. The molecule has 3 rings (SSSR count). The van der Waals surface area contributed by atoms with Crippen LogP contribution in [0.2, 0.25) is 0 Å². The molecule has 0 heterocycles. The van der Waals surface area contributed by atoms with Gasteiger partial charge >= 0.3 is 0 Å². The first kappa shape index (κ1) is 17.6. The summed E-state index contributed by atoms with van der Waals surface area (Å²) in [6.45, 7) is 1.04. The van der Waals surface area contributed by atoms with Crippen molar-refractivity contribution in [3.05, 3.63) is 11.1 Å². The van der Waals surface area contributed by atoms with Crippen molar-refractivity contribution in [1.82, 2.24) is 0 Å². The third-order valence-electron chi connectivity index (χ3n) is 4.73. The number of carboxylic acid groups (broad SMARTS) is 4. The molecular formula is C13H8Cl2O8-4. The van der Waals surface area contributed by atoms with Gasteiger partial charge in [-0.1, -0.05) is 24.6 Å². The van der Waals surface area contributed by atoms with Gasteiger partial charge in [0.1, 0.15) is 0 Å². The minimum absolute atomic E-state index is 0.500. The second kappa shape index (κ2) is 5.10. The maximum Gasteiger partial charge on any atom is 0.0970 e. The monoisotopic (exact) mass is 362 g/mol. The summed E-state index contributed by atoms with van der Waals surface area (Å²) in [7, 11) is 0. The van der Waals surface area contributed by atoms with Crippen LogP contribution in [-0.4, -0.2) is 28.8 Å². The highest BCUT2D eigenvalue weighted by atomic mass is 35.5. The number of rotatable bonds is 4. The maximum atomic E-state index is 11.4. The second-order valence-electron chi connectivity index (χ2n) is 5.81. The maximum absolute atomic E-state index is 11.4. The van der Waals surface area contributed by atoms with Crippen LogP contribution in [0, 0.1) is 29.1 Å². The Morgan fingerprint density at radius 1 is 0.870 bits per heavy atom. The van der Waals surface area contributed by atoms with E-state index in [2.05, 4.69) is 0 Å². The number of fused-ring (bicyclic) bond motifs is 2. The lowest BCUT2D eigenvalue weighted by Gasteiger charge is -2.64. The second-order valence-corrected chi connectivity index (χ2v) is 6.85. The van der Waals surface area contributed by atoms with E-state index in [0.29, 0.717) is 0 Å². The van der Waals surface area contributed by atoms with Gasteiger partial charge in [0.25, 0.3) is 0 Å². The molecule has 0 amide bonds. The van der Waals surface area contributed by atoms with Gasteiger partial charge in [-0.15, -0.1) is 11.6 Å². The fourth-order valence-corrected chi connectivity index (χ4v) is 4.80. The number of hydrogen-bond donors (Lipinski definition) is 0. The SMILES string of the molecule is CC12C=C(Cl)C(Cl)([C@H](C(=O)[O-])[C@@H]1C(=O)[O-])[C@@H](C(=O)[O-])[C@H]2C(=O)[O-]. The van der Waals surface area contributed by atoms with E-state index < -0.39 is 62.9 Å². The lowest BCUT2D eigenvalue weighted by atomic mass is 9.46. The van der Waals surface area contributed by atoms with Crippen molar-refractivity contribution in [3.8, 4) is 0 Å². The summed E-state index contributed by atoms with van der Waals surface area (Å²) >= 11 is 12.0. The number of carbonyl (C=O) groups excluding carboxylic acids is 4. The fourth-order valence-electron chi connectivity index (χ4n) is 3.85. The number of aliphatic carboxylic acids is 4. The molecule has 8 nitrogen and oxygen atoms in total. The minimum atomic E-state index is -2.56. The summed E-state index contributed by atoms with van der Waals surface area (Å²) in [5.41, 5.74) is -2.03. The topological polar surface area (TPSA) is 161 Å². The van der Waals surface area contributed by atoms with Gasteiger partial charge in [0.05, 0.1) is 4.87 Å². The van der Waals surface area contributed by atoms with Crippen molar-refractivity contribution in [2.45, 2.75) is 11.8 Å². The van der Waals surface area contributed by atoms with Crippen LogP contribution in [-0.2, 0) is 19.2 Å². The lowest BCUT2D eigenvalue weighted by molar-refractivity contribution is -0.351. The Morgan fingerprint density at radius 2 is 1.17 bits per heavy atom. The Morgan fingerprint density at radius 3 is 1.43 bits per heavy atom. The Labute approximate surface area is 139 Å². The third kappa shape index (κ3) is 2.05. The van der Waals surface area contributed by atoms with Crippen LogP contribution in [0.5, 0.6) is 0 Å². The summed E-state index contributed by atoms with van der Waals surface area (Å²) < 4.78 is 0. The van der Waals surface area contributed by atoms with Crippen molar-refractivity contribution < 1.29 is 39.6 Å². The summed E-state index contributed by atoms with van der Waals surface area (Å²) in [6.07, 6.45) is 0.932. The van der Waals surface area contributed by atoms with Crippen LogP contribution >= 0.6 is 23.2 Å². The molecule has 0 spiro atoms. The first-order valence-corrected chi connectivity index (χ1v) is 7.07. The van der Waals surface area contributed by atoms with Gasteiger partial charge in [0, 0.05) is 58.0 Å². The molecule has 2 unspecified atom stereocenters. The summed E-state index contributed by atoms with van der Waals surface area (Å²) in [4.78, 5) is 43.2. The average molecular weight is 363 g/mol. The Balaban J connectivity index is 2.88. The molecule has 0 radical (unpaired) electrons. The predicted octanol–water partition coefficient (Wildman–Crippen LogP) is -4.42. The van der Waals surface area contributed by atoms with Crippen LogP contribution in [0.15, 0.2) is 11.1 Å². The minimum Gasteiger partial charge on any atom is -0.550 e. The van der Waals surface area contributed by atoms with Crippen molar-refractivity contribution in [1.29, 1.82) is 0 Å². The van der Waals surface area contributed by atoms with E-state index in [1.807, 2.05) is 0 Å².